The molecule has 0 saturated heterocycles. The van der Waals surface area contributed by atoms with Crippen LogP contribution in [0.1, 0.15) is 38.7 Å². The van der Waals surface area contributed by atoms with Gasteiger partial charge in [0, 0.05) is 11.7 Å². The Kier molecular flexibility index (Phi) is 4.81. The van der Waals surface area contributed by atoms with E-state index in [0.29, 0.717) is 12.0 Å². The highest BCUT2D eigenvalue weighted by Crippen LogP contribution is 2.29. The molecule has 104 valence electrons. The summed E-state index contributed by atoms with van der Waals surface area (Å²) in [4.78, 5) is 0. The lowest BCUT2D eigenvalue weighted by Gasteiger charge is -2.35. The largest absolute Gasteiger partial charge is 0.359 e. The first kappa shape index (κ1) is 14.3. The van der Waals surface area contributed by atoms with Gasteiger partial charge in [0.25, 0.3) is 0 Å². The maximum Gasteiger partial charge on any atom is 0.171 e. The Labute approximate surface area is 122 Å². The van der Waals surface area contributed by atoms with Crippen LogP contribution in [0.4, 0.5) is 5.69 Å². The molecule has 2 N–H and O–H groups in total. The standard InChI is InChI=1S/C16H24N2S/c1-11-8-6-10-15(13(11)3)18-16(19)17-14-9-5-4-7-12(14)2/h4-5,7,9,11,13,15H,6,8,10H2,1-3H3,(H2,17,18,19)/t11-,13-,15+/m1/s1. The summed E-state index contributed by atoms with van der Waals surface area (Å²) in [5, 5.41) is 7.56. The molecule has 1 saturated carbocycles. The molecule has 0 aromatic heterocycles. The Bertz CT molecular complexity index is 444. The van der Waals surface area contributed by atoms with E-state index in [9.17, 15) is 0 Å². The molecule has 19 heavy (non-hydrogen) atoms. The van der Waals surface area contributed by atoms with Gasteiger partial charge >= 0.3 is 0 Å². The molecule has 1 aliphatic rings. The Morgan fingerprint density at radius 1 is 1.21 bits per heavy atom. The fourth-order valence-electron chi connectivity index (χ4n) is 2.83. The molecule has 0 spiro atoms. The summed E-state index contributed by atoms with van der Waals surface area (Å²) in [6.07, 6.45) is 3.87. The van der Waals surface area contributed by atoms with E-state index in [1.54, 1.807) is 0 Å². The third-order valence-corrected chi connectivity index (χ3v) is 4.64. The van der Waals surface area contributed by atoms with Crippen molar-refractivity contribution in [3.05, 3.63) is 29.8 Å². The Morgan fingerprint density at radius 2 is 1.95 bits per heavy atom. The van der Waals surface area contributed by atoms with Crippen molar-refractivity contribution in [3.8, 4) is 0 Å². The SMILES string of the molecule is Cc1ccccc1NC(=S)N[C@H]1CCC[C@@H](C)[C@H]1C. The number of aryl methyl sites for hydroxylation is 1. The normalized spacial score (nSPS) is 26.8. The van der Waals surface area contributed by atoms with Crippen LogP contribution in [0, 0.1) is 18.8 Å². The smallest absolute Gasteiger partial charge is 0.171 e. The van der Waals surface area contributed by atoms with E-state index in [4.69, 9.17) is 12.2 Å². The van der Waals surface area contributed by atoms with Gasteiger partial charge in [0.2, 0.25) is 0 Å². The van der Waals surface area contributed by atoms with Crippen LogP contribution in [-0.4, -0.2) is 11.2 Å². The van der Waals surface area contributed by atoms with Crippen LogP contribution in [0.5, 0.6) is 0 Å². The molecule has 1 fully saturated rings. The summed E-state index contributed by atoms with van der Waals surface area (Å²) in [6.45, 7) is 6.77. The average Bonchev–Trinajstić information content (AvgIpc) is 2.38. The predicted molar refractivity (Wildman–Crippen MR) is 86.5 cm³/mol. The van der Waals surface area contributed by atoms with Crippen molar-refractivity contribution in [1.82, 2.24) is 5.32 Å². The average molecular weight is 276 g/mol. The second-order valence-electron chi connectivity index (χ2n) is 5.79. The molecule has 2 nitrogen and oxygen atoms in total. The molecule has 1 aromatic rings. The van der Waals surface area contributed by atoms with E-state index in [1.165, 1.54) is 24.8 Å². The van der Waals surface area contributed by atoms with E-state index in [-0.39, 0.29) is 0 Å². The third-order valence-electron chi connectivity index (χ3n) is 4.42. The predicted octanol–water partition coefficient (Wildman–Crippen LogP) is 4.11. The number of hydrogen-bond acceptors (Lipinski definition) is 1. The number of para-hydroxylation sites is 1. The summed E-state index contributed by atoms with van der Waals surface area (Å²) in [5.74, 6) is 1.47. The third kappa shape index (κ3) is 3.69. The minimum absolute atomic E-state index is 0.507. The van der Waals surface area contributed by atoms with Crippen LogP contribution in [-0.2, 0) is 0 Å². The minimum atomic E-state index is 0.507. The Hall–Kier alpha value is -1.09. The van der Waals surface area contributed by atoms with Crippen LogP contribution in [0.25, 0.3) is 0 Å². The molecular formula is C16H24N2S. The lowest BCUT2D eigenvalue weighted by atomic mass is 9.78. The van der Waals surface area contributed by atoms with Crippen molar-refractivity contribution in [2.75, 3.05) is 5.32 Å². The van der Waals surface area contributed by atoms with Gasteiger partial charge in [0.1, 0.15) is 0 Å². The second kappa shape index (κ2) is 6.38. The van der Waals surface area contributed by atoms with Crippen LogP contribution >= 0.6 is 12.2 Å². The molecule has 1 aliphatic carbocycles. The number of anilines is 1. The second-order valence-corrected chi connectivity index (χ2v) is 6.20. The molecule has 0 amide bonds. The summed E-state index contributed by atoms with van der Waals surface area (Å²) in [7, 11) is 0. The topological polar surface area (TPSA) is 24.1 Å². The van der Waals surface area contributed by atoms with Gasteiger partial charge in [0.05, 0.1) is 0 Å². The van der Waals surface area contributed by atoms with Gasteiger partial charge in [-0.2, -0.15) is 0 Å². The zero-order valence-electron chi connectivity index (χ0n) is 12.1. The fourth-order valence-corrected chi connectivity index (χ4v) is 3.09. The molecule has 0 radical (unpaired) electrons. The number of rotatable bonds is 2. The van der Waals surface area contributed by atoms with Gasteiger partial charge in [-0.25, -0.2) is 0 Å². The number of thiocarbonyl (C=S) groups is 1. The van der Waals surface area contributed by atoms with Crippen molar-refractivity contribution in [2.24, 2.45) is 11.8 Å². The number of hydrogen-bond donors (Lipinski definition) is 2. The van der Waals surface area contributed by atoms with Crippen molar-refractivity contribution in [3.63, 3.8) is 0 Å². The quantitative estimate of drug-likeness (QED) is 0.795. The first-order valence-corrected chi connectivity index (χ1v) is 7.62. The molecular weight excluding hydrogens is 252 g/mol. The highest BCUT2D eigenvalue weighted by molar-refractivity contribution is 7.80. The van der Waals surface area contributed by atoms with Gasteiger partial charge in [-0.15, -0.1) is 0 Å². The van der Waals surface area contributed by atoms with E-state index in [1.807, 2.05) is 12.1 Å². The summed E-state index contributed by atoms with van der Waals surface area (Å²) >= 11 is 5.45. The van der Waals surface area contributed by atoms with Crippen molar-refractivity contribution in [1.29, 1.82) is 0 Å². The molecule has 0 aliphatic heterocycles. The zero-order valence-corrected chi connectivity index (χ0v) is 12.9. The monoisotopic (exact) mass is 276 g/mol. The van der Waals surface area contributed by atoms with Gasteiger partial charge in [0.15, 0.2) is 5.11 Å². The van der Waals surface area contributed by atoms with Gasteiger partial charge in [-0.05, 0) is 49.0 Å². The van der Waals surface area contributed by atoms with E-state index < -0.39 is 0 Å². The maximum absolute atomic E-state index is 5.45. The lowest BCUT2D eigenvalue weighted by Crippen LogP contribution is -2.45. The minimum Gasteiger partial charge on any atom is -0.359 e. The maximum atomic E-state index is 5.45. The first-order chi connectivity index (χ1) is 9.08. The molecule has 1 aromatic carbocycles. The van der Waals surface area contributed by atoms with Crippen LogP contribution in [0.2, 0.25) is 0 Å². The van der Waals surface area contributed by atoms with Gasteiger partial charge in [-0.1, -0.05) is 44.9 Å². The molecule has 0 heterocycles. The lowest BCUT2D eigenvalue weighted by molar-refractivity contribution is 0.225. The van der Waals surface area contributed by atoms with Crippen LogP contribution in [0.15, 0.2) is 24.3 Å². The summed E-state index contributed by atoms with van der Waals surface area (Å²) in [5.41, 5.74) is 2.31. The van der Waals surface area contributed by atoms with E-state index >= 15 is 0 Å². The van der Waals surface area contributed by atoms with Crippen molar-refractivity contribution < 1.29 is 0 Å². The first-order valence-electron chi connectivity index (χ1n) is 7.21. The molecule has 2 rings (SSSR count). The molecule has 0 bridgehead atoms. The number of benzene rings is 1. The van der Waals surface area contributed by atoms with Gasteiger partial charge < -0.3 is 10.6 Å². The molecule has 3 heteroatoms. The van der Waals surface area contributed by atoms with Crippen LogP contribution < -0.4 is 10.6 Å². The Balaban J connectivity index is 1.93. The highest BCUT2D eigenvalue weighted by Gasteiger charge is 2.27. The highest BCUT2D eigenvalue weighted by atomic mass is 32.1. The fraction of sp³-hybridized carbons (Fsp3) is 0.562. The van der Waals surface area contributed by atoms with Gasteiger partial charge in [-0.3, -0.25) is 0 Å². The molecule has 3 atom stereocenters. The van der Waals surface area contributed by atoms with Crippen LogP contribution in [0.3, 0.4) is 0 Å². The summed E-state index contributed by atoms with van der Waals surface area (Å²) in [6, 6.07) is 8.74. The van der Waals surface area contributed by atoms with Crippen molar-refractivity contribution in [2.45, 2.75) is 46.1 Å². The van der Waals surface area contributed by atoms with E-state index in [2.05, 4.69) is 43.5 Å². The number of nitrogens with one attached hydrogen (secondary N) is 2. The summed E-state index contributed by atoms with van der Waals surface area (Å²) < 4.78 is 0. The van der Waals surface area contributed by atoms with Crippen molar-refractivity contribution >= 4 is 23.0 Å². The molecule has 0 unspecified atom stereocenters. The Morgan fingerprint density at radius 3 is 2.68 bits per heavy atom. The van der Waals surface area contributed by atoms with E-state index in [0.717, 1.165) is 16.7 Å². The zero-order chi connectivity index (χ0) is 13.8.